The largest absolute Gasteiger partial charge is 0.388 e. The average Bonchev–Trinajstić information content (AvgIpc) is 2.90. The highest BCUT2D eigenvalue weighted by molar-refractivity contribution is 6.31. The first-order valence-corrected chi connectivity index (χ1v) is 7.03. The molecule has 0 saturated carbocycles. The van der Waals surface area contributed by atoms with Gasteiger partial charge in [-0.25, -0.2) is 0 Å². The molecule has 3 rings (SSSR count). The van der Waals surface area contributed by atoms with E-state index in [9.17, 15) is 0 Å². The van der Waals surface area contributed by atoms with Gasteiger partial charge in [-0.15, -0.1) is 0 Å². The zero-order chi connectivity index (χ0) is 14.8. The predicted octanol–water partition coefficient (Wildman–Crippen LogP) is 4.00. The van der Waals surface area contributed by atoms with Crippen molar-refractivity contribution in [2.24, 2.45) is 5.10 Å². The summed E-state index contributed by atoms with van der Waals surface area (Å²) in [6, 6.07) is 13.7. The first kappa shape index (κ1) is 13.6. The molecule has 5 heteroatoms. The summed E-state index contributed by atoms with van der Waals surface area (Å²) in [5.41, 5.74) is 3.77. The third kappa shape index (κ3) is 2.62. The van der Waals surface area contributed by atoms with Crippen LogP contribution in [0.4, 0.5) is 5.69 Å². The van der Waals surface area contributed by atoms with Crippen LogP contribution in [-0.4, -0.2) is 22.6 Å². The van der Waals surface area contributed by atoms with Crippen LogP contribution in [0.2, 0.25) is 5.02 Å². The second-order valence-corrected chi connectivity index (χ2v) is 5.15. The molecule has 0 aliphatic heterocycles. The highest BCUT2D eigenvalue weighted by atomic mass is 35.5. The fraction of sp³-hybridized carbons (Fsp3) is 0.125. The number of fused-ring (bicyclic) bond motifs is 1. The zero-order valence-electron chi connectivity index (χ0n) is 11.8. The molecule has 0 aliphatic carbocycles. The van der Waals surface area contributed by atoms with E-state index in [1.165, 1.54) is 0 Å². The molecule has 0 bridgehead atoms. The molecule has 0 unspecified atom stereocenters. The molecule has 0 amide bonds. The van der Waals surface area contributed by atoms with E-state index in [0.29, 0.717) is 5.02 Å². The Morgan fingerprint density at radius 3 is 2.86 bits per heavy atom. The lowest BCUT2D eigenvalue weighted by Gasteiger charge is -2.09. The Labute approximate surface area is 128 Å². The van der Waals surface area contributed by atoms with E-state index in [1.807, 2.05) is 62.6 Å². The molecule has 1 N–H and O–H groups in total. The maximum Gasteiger partial charge on any atom is 0.0945 e. The summed E-state index contributed by atoms with van der Waals surface area (Å²) in [5, 5.41) is 13.8. The molecule has 0 radical (unpaired) electrons. The van der Waals surface area contributed by atoms with Crippen LogP contribution in [-0.2, 0) is 0 Å². The molecule has 21 heavy (non-hydrogen) atoms. The minimum atomic E-state index is 0.684. The van der Waals surface area contributed by atoms with E-state index < -0.39 is 0 Å². The number of aromatic nitrogens is 2. The third-order valence-electron chi connectivity index (χ3n) is 3.34. The Kier molecular flexibility index (Phi) is 3.62. The highest BCUT2D eigenvalue weighted by Crippen LogP contribution is 2.21. The van der Waals surface area contributed by atoms with Gasteiger partial charge in [0.05, 0.1) is 17.4 Å². The maximum absolute atomic E-state index is 6.09. The first-order chi connectivity index (χ1) is 10.2. The summed E-state index contributed by atoms with van der Waals surface area (Å²) in [6.07, 6.45) is 1.81. The standard InChI is InChI=1S/C16H15ClN4/c1-11(14-9-13(17)7-8-15(14)18-2)20-21-16-6-4-3-5-12(16)10-19-21/h3-10,18H,1-2H3/b20-11-. The van der Waals surface area contributed by atoms with Gasteiger partial charge in [0, 0.05) is 28.7 Å². The normalized spacial score (nSPS) is 11.9. The number of benzene rings is 2. The van der Waals surface area contributed by atoms with Gasteiger partial charge in [0.15, 0.2) is 0 Å². The van der Waals surface area contributed by atoms with Crippen molar-refractivity contribution < 1.29 is 0 Å². The molecule has 2 aromatic carbocycles. The minimum Gasteiger partial charge on any atom is -0.388 e. The second-order valence-electron chi connectivity index (χ2n) is 4.72. The van der Waals surface area contributed by atoms with Gasteiger partial charge >= 0.3 is 0 Å². The predicted molar refractivity (Wildman–Crippen MR) is 88.3 cm³/mol. The van der Waals surface area contributed by atoms with Gasteiger partial charge in [0.25, 0.3) is 0 Å². The van der Waals surface area contributed by atoms with Crippen molar-refractivity contribution in [2.75, 3.05) is 12.4 Å². The molecule has 4 nitrogen and oxygen atoms in total. The summed E-state index contributed by atoms with van der Waals surface area (Å²) < 4.78 is 0. The quantitative estimate of drug-likeness (QED) is 0.743. The smallest absolute Gasteiger partial charge is 0.0945 e. The molecule has 0 atom stereocenters. The molecule has 1 heterocycles. The van der Waals surface area contributed by atoms with E-state index in [1.54, 1.807) is 4.79 Å². The summed E-state index contributed by atoms with van der Waals surface area (Å²) >= 11 is 6.09. The second kappa shape index (κ2) is 5.58. The fourth-order valence-electron chi connectivity index (χ4n) is 2.27. The van der Waals surface area contributed by atoms with E-state index in [-0.39, 0.29) is 0 Å². The van der Waals surface area contributed by atoms with Gasteiger partial charge in [-0.1, -0.05) is 29.8 Å². The first-order valence-electron chi connectivity index (χ1n) is 6.65. The number of nitrogens with one attached hydrogen (secondary N) is 1. The monoisotopic (exact) mass is 298 g/mol. The number of rotatable bonds is 3. The Morgan fingerprint density at radius 2 is 2.05 bits per heavy atom. The topological polar surface area (TPSA) is 42.2 Å². The molecule has 3 aromatic rings. The van der Waals surface area contributed by atoms with E-state index in [2.05, 4.69) is 15.5 Å². The number of hydrogen-bond donors (Lipinski definition) is 1. The van der Waals surface area contributed by atoms with Gasteiger partial charge in [-0.2, -0.15) is 15.0 Å². The SMILES string of the molecule is CNc1ccc(Cl)cc1/C(C)=N\n1ncc2ccccc21. The zero-order valence-corrected chi connectivity index (χ0v) is 12.6. The molecule has 0 spiro atoms. The average molecular weight is 299 g/mol. The molecule has 0 fully saturated rings. The minimum absolute atomic E-state index is 0.684. The van der Waals surface area contributed by atoms with Crippen LogP contribution in [0.5, 0.6) is 0 Å². The third-order valence-corrected chi connectivity index (χ3v) is 3.58. The van der Waals surface area contributed by atoms with Crippen molar-refractivity contribution in [2.45, 2.75) is 6.92 Å². The van der Waals surface area contributed by atoms with E-state index in [4.69, 9.17) is 11.6 Å². The molecular formula is C16H15ClN4. The number of nitrogens with zero attached hydrogens (tertiary/aromatic N) is 3. The molecule has 1 aromatic heterocycles. The van der Waals surface area contributed by atoms with Crippen LogP contribution >= 0.6 is 11.6 Å². The number of halogens is 1. The van der Waals surface area contributed by atoms with Gasteiger partial charge in [0.1, 0.15) is 0 Å². The number of anilines is 1. The van der Waals surface area contributed by atoms with Crippen LogP contribution in [0.1, 0.15) is 12.5 Å². The Bertz CT molecular complexity index is 820. The van der Waals surface area contributed by atoms with Crippen LogP contribution < -0.4 is 5.32 Å². The molecule has 106 valence electrons. The van der Waals surface area contributed by atoms with Gasteiger partial charge in [-0.3, -0.25) is 0 Å². The molecule has 0 saturated heterocycles. The van der Waals surface area contributed by atoms with Gasteiger partial charge < -0.3 is 5.32 Å². The Morgan fingerprint density at radius 1 is 1.24 bits per heavy atom. The molecule has 0 aliphatic rings. The van der Waals surface area contributed by atoms with Crippen molar-refractivity contribution in [3.05, 3.63) is 59.2 Å². The van der Waals surface area contributed by atoms with Gasteiger partial charge in [0.2, 0.25) is 0 Å². The van der Waals surface area contributed by atoms with Crippen molar-refractivity contribution in [3.63, 3.8) is 0 Å². The van der Waals surface area contributed by atoms with Crippen molar-refractivity contribution in [1.29, 1.82) is 0 Å². The van der Waals surface area contributed by atoms with Crippen LogP contribution in [0, 0.1) is 0 Å². The fourth-order valence-corrected chi connectivity index (χ4v) is 2.44. The van der Waals surface area contributed by atoms with Crippen molar-refractivity contribution in [1.82, 2.24) is 9.89 Å². The Hall–Kier alpha value is -2.33. The highest BCUT2D eigenvalue weighted by Gasteiger charge is 2.07. The van der Waals surface area contributed by atoms with Crippen molar-refractivity contribution in [3.8, 4) is 0 Å². The summed E-state index contributed by atoms with van der Waals surface area (Å²) in [5.74, 6) is 0. The van der Waals surface area contributed by atoms with Gasteiger partial charge in [-0.05, 0) is 31.2 Å². The molecular weight excluding hydrogens is 284 g/mol. The van der Waals surface area contributed by atoms with E-state index >= 15 is 0 Å². The van der Waals surface area contributed by atoms with Crippen LogP contribution in [0.25, 0.3) is 10.9 Å². The lowest BCUT2D eigenvalue weighted by Crippen LogP contribution is -2.04. The lowest BCUT2D eigenvalue weighted by atomic mass is 10.1. The van der Waals surface area contributed by atoms with Crippen LogP contribution in [0.15, 0.2) is 53.8 Å². The summed E-state index contributed by atoms with van der Waals surface area (Å²) in [6.45, 7) is 1.95. The maximum atomic E-state index is 6.09. The Balaban J connectivity index is 2.09. The number of para-hydroxylation sites is 1. The summed E-state index contributed by atoms with van der Waals surface area (Å²) in [4.78, 5) is 1.64. The number of hydrogen-bond acceptors (Lipinski definition) is 3. The summed E-state index contributed by atoms with van der Waals surface area (Å²) in [7, 11) is 1.88. The van der Waals surface area contributed by atoms with E-state index in [0.717, 1.165) is 27.9 Å². The lowest BCUT2D eigenvalue weighted by molar-refractivity contribution is 0.768. The van der Waals surface area contributed by atoms with Crippen LogP contribution in [0.3, 0.4) is 0 Å². The van der Waals surface area contributed by atoms with Crippen molar-refractivity contribution >= 4 is 33.9 Å².